The van der Waals surface area contributed by atoms with E-state index in [1.165, 1.54) is 4.90 Å². The molecule has 1 heterocycles. The van der Waals surface area contributed by atoms with E-state index in [1.807, 2.05) is 44.2 Å². The Morgan fingerprint density at radius 3 is 2.54 bits per heavy atom. The number of aliphatic hydroxyl groups is 1. The van der Waals surface area contributed by atoms with Crippen molar-refractivity contribution >= 4 is 5.91 Å². The third-order valence-corrected chi connectivity index (χ3v) is 3.72. The number of amides is 1. The Labute approximate surface area is 142 Å². The molecule has 1 amide bonds. The van der Waals surface area contributed by atoms with Crippen LogP contribution in [0.25, 0.3) is 5.69 Å². The molecule has 2 rings (SSSR count). The van der Waals surface area contributed by atoms with Gasteiger partial charge in [-0.05, 0) is 25.0 Å². The van der Waals surface area contributed by atoms with Gasteiger partial charge in [0.25, 0.3) is 5.91 Å². The Bertz CT molecular complexity index is 667. The zero-order valence-electron chi connectivity index (χ0n) is 14.6. The van der Waals surface area contributed by atoms with Gasteiger partial charge in [-0.3, -0.25) is 4.79 Å². The van der Waals surface area contributed by atoms with E-state index in [4.69, 9.17) is 4.74 Å². The predicted octanol–water partition coefficient (Wildman–Crippen LogP) is 2.36. The predicted molar refractivity (Wildman–Crippen MR) is 92.5 cm³/mol. The number of para-hydroxylation sites is 1. The summed E-state index contributed by atoms with van der Waals surface area (Å²) >= 11 is 0. The number of carbonyl (C=O) groups is 1. The summed E-state index contributed by atoms with van der Waals surface area (Å²) in [5.74, 6) is 0.515. The Balaban J connectivity index is 2.36. The fourth-order valence-electron chi connectivity index (χ4n) is 2.07. The van der Waals surface area contributed by atoms with Gasteiger partial charge in [0.15, 0.2) is 11.4 Å². The van der Waals surface area contributed by atoms with E-state index in [9.17, 15) is 9.90 Å². The number of nitrogens with zero attached hydrogens (tertiary/aromatic N) is 3. The number of likely N-dealkylation sites (N-methyl/N-ethyl adjacent to an activating group) is 1. The van der Waals surface area contributed by atoms with E-state index in [0.717, 1.165) is 5.69 Å². The maximum atomic E-state index is 12.7. The fourth-order valence-corrected chi connectivity index (χ4v) is 2.07. The lowest BCUT2D eigenvalue weighted by atomic mass is 10.2. The molecular weight excluding hydrogens is 306 g/mol. The molecule has 0 bridgehead atoms. The molecule has 130 valence electrons. The van der Waals surface area contributed by atoms with Gasteiger partial charge in [0, 0.05) is 7.05 Å². The molecule has 0 aliphatic rings. The van der Waals surface area contributed by atoms with Crippen LogP contribution in [0.15, 0.2) is 36.5 Å². The Morgan fingerprint density at radius 1 is 1.29 bits per heavy atom. The third kappa shape index (κ3) is 4.14. The summed E-state index contributed by atoms with van der Waals surface area (Å²) in [5.41, 5.74) is 1.10. The second-order valence-electron chi connectivity index (χ2n) is 6.27. The van der Waals surface area contributed by atoms with E-state index >= 15 is 0 Å². The van der Waals surface area contributed by atoms with Crippen LogP contribution in [0.1, 0.15) is 31.3 Å². The first kappa shape index (κ1) is 18.0. The van der Waals surface area contributed by atoms with Crippen LogP contribution in [0.2, 0.25) is 0 Å². The van der Waals surface area contributed by atoms with Gasteiger partial charge in [0.1, 0.15) is 0 Å². The minimum absolute atomic E-state index is 0.107. The van der Waals surface area contributed by atoms with Crippen LogP contribution in [0, 0.1) is 5.92 Å². The average molecular weight is 331 g/mol. The van der Waals surface area contributed by atoms with Gasteiger partial charge in [0.2, 0.25) is 0 Å². The van der Waals surface area contributed by atoms with Crippen LogP contribution in [-0.4, -0.2) is 52.0 Å². The molecule has 1 N–H and O–H groups in total. The zero-order chi connectivity index (χ0) is 17.7. The van der Waals surface area contributed by atoms with Crippen molar-refractivity contribution in [3.05, 3.63) is 42.2 Å². The second kappa shape index (κ2) is 7.97. The largest absolute Gasteiger partial charge is 0.489 e. The molecule has 0 aliphatic heterocycles. The SMILES string of the molecule is CC(C)COc1cn(-c2ccccc2)nc1C(=O)N(C)C(C)CO. The number of hydrogen-bond acceptors (Lipinski definition) is 4. The highest BCUT2D eigenvalue weighted by Gasteiger charge is 2.25. The molecule has 6 heteroatoms. The second-order valence-corrected chi connectivity index (χ2v) is 6.27. The standard InChI is InChI=1S/C18H25N3O3/c1-13(2)12-24-16-10-21(15-8-6-5-7-9-15)19-17(16)18(23)20(4)14(3)11-22/h5-10,13-14,22H,11-12H2,1-4H3. The van der Waals surface area contributed by atoms with Crippen molar-refractivity contribution in [2.45, 2.75) is 26.8 Å². The molecule has 0 fully saturated rings. The topological polar surface area (TPSA) is 67.6 Å². The number of aliphatic hydroxyl groups excluding tert-OH is 1. The molecule has 2 aromatic rings. The number of rotatable bonds is 7. The number of ether oxygens (including phenoxy) is 1. The van der Waals surface area contributed by atoms with Gasteiger partial charge in [-0.2, -0.15) is 5.10 Å². The number of aromatic nitrogens is 2. The monoisotopic (exact) mass is 331 g/mol. The minimum Gasteiger partial charge on any atom is -0.489 e. The summed E-state index contributed by atoms with van der Waals surface area (Å²) in [4.78, 5) is 14.2. The molecule has 0 spiro atoms. The van der Waals surface area contributed by atoms with E-state index in [2.05, 4.69) is 5.10 Å². The molecule has 0 saturated heterocycles. The lowest BCUT2D eigenvalue weighted by Crippen LogP contribution is -2.37. The highest BCUT2D eigenvalue weighted by atomic mass is 16.5. The highest BCUT2D eigenvalue weighted by Crippen LogP contribution is 2.22. The van der Waals surface area contributed by atoms with Gasteiger partial charge in [-0.15, -0.1) is 0 Å². The smallest absolute Gasteiger partial charge is 0.278 e. The van der Waals surface area contributed by atoms with Crippen molar-refractivity contribution in [2.75, 3.05) is 20.3 Å². The van der Waals surface area contributed by atoms with Crippen LogP contribution in [0.5, 0.6) is 5.75 Å². The molecule has 1 aromatic heterocycles. The van der Waals surface area contributed by atoms with Crippen LogP contribution in [-0.2, 0) is 0 Å². The minimum atomic E-state index is -0.294. The quantitative estimate of drug-likeness (QED) is 0.846. The van der Waals surface area contributed by atoms with Gasteiger partial charge >= 0.3 is 0 Å². The van der Waals surface area contributed by atoms with E-state index in [0.29, 0.717) is 18.3 Å². The number of carbonyl (C=O) groups excluding carboxylic acids is 1. The summed E-state index contributed by atoms with van der Waals surface area (Å²) in [6.45, 7) is 6.26. The third-order valence-electron chi connectivity index (χ3n) is 3.72. The summed E-state index contributed by atoms with van der Waals surface area (Å²) in [6.07, 6.45) is 1.72. The lowest BCUT2D eigenvalue weighted by molar-refractivity contribution is 0.0671. The molecule has 0 saturated carbocycles. The van der Waals surface area contributed by atoms with Gasteiger partial charge in [0.05, 0.1) is 31.1 Å². The Kier molecular flexibility index (Phi) is 5.98. The molecule has 0 radical (unpaired) electrons. The lowest BCUT2D eigenvalue weighted by Gasteiger charge is -2.22. The van der Waals surface area contributed by atoms with Crippen LogP contribution >= 0.6 is 0 Å². The maximum Gasteiger partial charge on any atom is 0.278 e. The van der Waals surface area contributed by atoms with Crippen molar-refractivity contribution in [1.29, 1.82) is 0 Å². The van der Waals surface area contributed by atoms with E-state index < -0.39 is 0 Å². The van der Waals surface area contributed by atoms with Crippen LogP contribution in [0.3, 0.4) is 0 Å². The Hall–Kier alpha value is -2.34. The van der Waals surface area contributed by atoms with Crippen molar-refractivity contribution in [2.24, 2.45) is 5.92 Å². The average Bonchev–Trinajstić information content (AvgIpc) is 3.03. The first-order chi connectivity index (χ1) is 11.4. The molecule has 6 nitrogen and oxygen atoms in total. The summed E-state index contributed by atoms with van der Waals surface area (Å²) < 4.78 is 7.43. The molecular formula is C18H25N3O3. The van der Waals surface area contributed by atoms with Gasteiger partial charge < -0.3 is 14.7 Å². The summed E-state index contributed by atoms with van der Waals surface area (Å²) in [7, 11) is 1.65. The van der Waals surface area contributed by atoms with Gasteiger partial charge in [-0.25, -0.2) is 4.68 Å². The van der Waals surface area contributed by atoms with Crippen molar-refractivity contribution in [3.63, 3.8) is 0 Å². The molecule has 24 heavy (non-hydrogen) atoms. The van der Waals surface area contributed by atoms with E-state index in [1.54, 1.807) is 24.9 Å². The number of hydrogen-bond donors (Lipinski definition) is 1. The summed E-state index contributed by atoms with van der Waals surface area (Å²) in [6, 6.07) is 9.27. The summed E-state index contributed by atoms with van der Waals surface area (Å²) in [5, 5.41) is 13.7. The molecule has 1 unspecified atom stereocenters. The fraction of sp³-hybridized carbons (Fsp3) is 0.444. The Morgan fingerprint density at radius 2 is 1.96 bits per heavy atom. The van der Waals surface area contributed by atoms with Crippen molar-refractivity contribution in [3.8, 4) is 11.4 Å². The van der Waals surface area contributed by atoms with Crippen molar-refractivity contribution < 1.29 is 14.6 Å². The molecule has 1 atom stereocenters. The maximum absolute atomic E-state index is 12.7. The molecule has 0 aliphatic carbocycles. The number of benzene rings is 1. The van der Waals surface area contributed by atoms with Crippen LogP contribution < -0.4 is 4.74 Å². The first-order valence-corrected chi connectivity index (χ1v) is 8.10. The normalized spacial score (nSPS) is 12.2. The highest BCUT2D eigenvalue weighted by molar-refractivity contribution is 5.95. The molecule has 1 aromatic carbocycles. The van der Waals surface area contributed by atoms with Gasteiger partial charge in [-0.1, -0.05) is 32.0 Å². The first-order valence-electron chi connectivity index (χ1n) is 8.10. The zero-order valence-corrected chi connectivity index (χ0v) is 14.6. The van der Waals surface area contributed by atoms with Crippen LogP contribution in [0.4, 0.5) is 0 Å². The van der Waals surface area contributed by atoms with Crippen molar-refractivity contribution in [1.82, 2.24) is 14.7 Å². The van der Waals surface area contributed by atoms with E-state index in [-0.39, 0.29) is 24.2 Å².